The molecule has 0 unspecified atom stereocenters. The minimum Gasteiger partial charge on any atom is -0.497 e. The van der Waals surface area contributed by atoms with Crippen LogP contribution in [0.1, 0.15) is 5.56 Å². The van der Waals surface area contributed by atoms with E-state index in [-0.39, 0.29) is 11.7 Å². The summed E-state index contributed by atoms with van der Waals surface area (Å²) in [7, 11) is 1.63. The second-order valence-electron chi connectivity index (χ2n) is 5.40. The predicted octanol–water partition coefficient (Wildman–Crippen LogP) is 3.52. The summed E-state index contributed by atoms with van der Waals surface area (Å²) in [5.41, 5.74) is 2.80. The van der Waals surface area contributed by atoms with Crippen molar-refractivity contribution in [2.75, 3.05) is 18.2 Å². The van der Waals surface area contributed by atoms with Crippen LogP contribution in [0.5, 0.6) is 5.75 Å². The molecule has 1 amide bonds. The number of H-pyrrole nitrogens is 1. The molecule has 0 aliphatic rings. The molecule has 25 heavy (non-hydrogen) atoms. The van der Waals surface area contributed by atoms with Crippen LogP contribution in [0.4, 0.5) is 5.69 Å². The van der Waals surface area contributed by atoms with Gasteiger partial charge in [-0.2, -0.15) is 0 Å². The zero-order valence-electron chi connectivity index (χ0n) is 13.9. The molecule has 3 aromatic rings. The van der Waals surface area contributed by atoms with Gasteiger partial charge in [0, 0.05) is 11.3 Å². The number of ether oxygens (including phenoxy) is 1. The molecule has 7 heteroatoms. The summed E-state index contributed by atoms with van der Waals surface area (Å²) in [6, 6.07) is 15.2. The van der Waals surface area contributed by atoms with E-state index in [1.807, 2.05) is 55.5 Å². The summed E-state index contributed by atoms with van der Waals surface area (Å²) in [5, 5.41) is 10.4. The summed E-state index contributed by atoms with van der Waals surface area (Å²) in [4.78, 5) is 16.4. The lowest BCUT2D eigenvalue weighted by molar-refractivity contribution is -0.113. The van der Waals surface area contributed by atoms with E-state index in [4.69, 9.17) is 4.74 Å². The summed E-state index contributed by atoms with van der Waals surface area (Å²) in [6.07, 6.45) is 0. The molecule has 0 fully saturated rings. The zero-order chi connectivity index (χ0) is 17.6. The molecule has 0 saturated carbocycles. The molecular weight excluding hydrogens is 336 g/mol. The Balaban J connectivity index is 1.56. The molecule has 0 aliphatic carbocycles. The molecule has 0 spiro atoms. The maximum Gasteiger partial charge on any atom is 0.234 e. The maximum atomic E-state index is 12.0. The van der Waals surface area contributed by atoms with Crippen molar-refractivity contribution in [3.05, 3.63) is 54.1 Å². The van der Waals surface area contributed by atoms with Crippen molar-refractivity contribution >= 4 is 23.4 Å². The van der Waals surface area contributed by atoms with E-state index in [1.54, 1.807) is 7.11 Å². The fourth-order valence-corrected chi connectivity index (χ4v) is 2.84. The average Bonchev–Trinajstić information content (AvgIpc) is 3.09. The first-order chi connectivity index (χ1) is 12.1. The summed E-state index contributed by atoms with van der Waals surface area (Å²) >= 11 is 1.28. The van der Waals surface area contributed by atoms with Gasteiger partial charge in [0.05, 0.1) is 12.9 Å². The minimum atomic E-state index is -0.0913. The Morgan fingerprint density at radius 1 is 1.24 bits per heavy atom. The van der Waals surface area contributed by atoms with E-state index in [1.165, 1.54) is 11.8 Å². The number of aromatic amines is 1. The monoisotopic (exact) mass is 354 g/mol. The fourth-order valence-electron chi connectivity index (χ4n) is 2.24. The summed E-state index contributed by atoms with van der Waals surface area (Å²) in [6.45, 7) is 1.98. The molecule has 0 radical (unpaired) electrons. The van der Waals surface area contributed by atoms with Crippen molar-refractivity contribution in [3.63, 3.8) is 0 Å². The summed E-state index contributed by atoms with van der Waals surface area (Å²) < 4.78 is 5.14. The van der Waals surface area contributed by atoms with Gasteiger partial charge in [0.15, 0.2) is 5.82 Å². The molecule has 0 bridgehead atoms. The second-order valence-corrected chi connectivity index (χ2v) is 6.34. The van der Waals surface area contributed by atoms with Gasteiger partial charge in [0.25, 0.3) is 0 Å². The number of aromatic nitrogens is 3. The third-order valence-corrected chi connectivity index (χ3v) is 4.31. The van der Waals surface area contributed by atoms with Gasteiger partial charge in [0.1, 0.15) is 5.75 Å². The van der Waals surface area contributed by atoms with Crippen molar-refractivity contribution in [2.45, 2.75) is 12.1 Å². The van der Waals surface area contributed by atoms with Gasteiger partial charge < -0.3 is 10.1 Å². The van der Waals surface area contributed by atoms with Crippen molar-refractivity contribution in [1.29, 1.82) is 0 Å². The number of carbonyl (C=O) groups excluding carboxylic acids is 1. The number of amides is 1. The highest BCUT2D eigenvalue weighted by Crippen LogP contribution is 2.21. The van der Waals surface area contributed by atoms with Crippen LogP contribution >= 0.6 is 11.8 Å². The molecular formula is C18H18N4O2S. The van der Waals surface area contributed by atoms with E-state index in [0.29, 0.717) is 11.0 Å². The molecule has 0 saturated heterocycles. The quantitative estimate of drug-likeness (QED) is 0.662. The number of benzene rings is 2. The molecule has 0 aliphatic heterocycles. The molecule has 2 N–H and O–H groups in total. The summed E-state index contributed by atoms with van der Waals surface area (Å²) in [5.74, 6) is 1.59. The Bertz CT molecular complexity index is 862. The first-order valence-electron chi connectivity index (χ1n) is 7.70. The van der Waals surface area contributed by atoms with Crippen molar-refractivity contribution in [3.8, 4) is 17.1 Å². The lowest BCUT2D eigenvalue weighted by atomic mass is 10.2. The number of methoxy groups -OCH3 is 1. The van der Waals surface area contributed by atoms with Crippen LogP contribution in [0.3, 0.4) is 0 Å². The van der Waals surface area contributed by atoms with Crippen LogP contribution in [-0.4, -0.2) is 34.0 Å². The largest absolute Gasteiger partial charge is 0.497 e. The molecule has 0 atom stereocenters. The number of nitrogens with one attached hydrogen (secondary N) is 2. The minimum absolute atomic E-state index is 0.0913. The van der Waals surface area contributed by atoms with Crippen LogP contribution in [0, 0.1) is 6.92 Å². The average molecular weight is 354 g/mol. The zero-order valence-corrected chi connectivity index (χ0v) is 14.8. The third kappa shape index (κ3) is 4.60. The maximum absolute atomic E-state index is 12.0. The number of carbonyl (C=O) groups is 1. The normalized spacial score (nSPS) is 10.5. The van der Waals surface area contributed by atoms with E-state index >= 15 is 0 Å². The molecule has 6 nitrogen and oxygen atoms in total. The van der Waals surface area contributed by atoms with E-state index in [2.05, 4.69) is 20.5 Å². The highest BCUT2D eigenvalue weighted by atomic mass is 32.2. The standard InChI is InChI=1S/C18H18N4O2S/c1-12-4-3-5-14(10-12)19-16(23)11-25-18-20-17(21-22-18)13-6-8-15(24-2)9-7-13/h3-10H,11H2,1-2H3,(H,19,23)(H,20,21,22). The molecule has 1 aromatic heterocycles. The van der Waals surface area contributed by atoms with Gasteiger partial charge in [-0.05, 0) is 48.9 Å². The van der Waals surface area contributed by atoms with E-state index in [9.17, 15) is 4.79 Å². The Labute approximate surface area is 150 Å². The fraction of sp³-hybridized carbons (Fsp3) is 0.167. The van der Waals surface area contributed by atoms with Crippen LogP contribution < -0.4 is 10.1 Å². The molecule has 128 valence electrons. The van der Waals surface area contributed by atoms with Gasteiger partial charge in [-0.15, -0.1) is 5.10 Å². The Morgan fingerprint density at radius 3 is 2.76 bits per heavy atom. The number of anilines is 1. The second kappa shape index (κ2) is 7.85. The Morgan fingerprint density at radius 2 is 2.04 bits per heavy atom. The van der Waals surface area contributed by atoms with Crippen LogP contribution in [0.15, 0.2) is 53.7 Å². The SMILES string of the molecule is COc1ccc(-c2nc(SCC(=O)Nc3cccc(C)c3)n[nH]2)cc1. The first kappa shape index (κ1) is 17.0. The molecule has 1 heterocycles. The van der Waals surface area contributed by atoms with Gasteiger partial charge in [-0.1, -0.05) is 23.9 Å². The van der Waals surface area contributed by atoms with E-state index < -0.39 is 0 Å². The highest BCUT2D eigenvalue weighted by molar-refractivity contribution is 7.99. The van der Waals surface area contributed by atoms with Gasteiger partial charge in [0.2, 0.25) is 11.1 Å². The van der Waals surface area contributed by atoms with Crippen molar-refractivity contribution in [1.82, 2.24) is 15.2 Å². The molecule has 3 rings (SSSR count). The van der Waals surface area contributed by atoms with Crippen molar-refractivity contribution in [2.24, 2.45) is 0 Å². The van der Waals surface area contributed by atoms with E-state index in [0.717, 1.165) is 22.6 Å². The number of hydrogen-bond acceptors (Lipinski definition) is 5. The van der Waals surface area contributed by atoms with Crippen LogP contribution in [0.25, 0.3) is 11.4 Å². The first-order valence-corrected chi connectivity index (χ1v) is 8.69. The number of hydrogen-bond donors (Lipinski definition) is 2. The van der Waals surface area contributed by atoms with Crippen LogP contribution in [-0.2, 0) is 4.79 Å². The topological polar surface area (TPSA) is 79.9 Å². The number of rotatable bonds is 6. The van der Waals surface area contributed by atoms with Gasteiger partial charge in [-0.3, -0.25) is 9.89 Å². The molecule has 2 aromatic carbocycles. The predicted molar refractivity (Wildman–Crippen MR) is 98.9 cm³/mol. The van der Waals surface area contributed by atoms with Crippen molar-refractivity contribution < 1.29 is 9.53 Å². The lowest BCUT2D eigenvalue weighted by Crippen LogP contribution is -2.14. The van der Waals surface area contributed by atoms with Gasteiger partial charge in [-0.25, -0.2) is 4.98 Å². The Kier molecular flexibility index (Phi) is 5.35. The lowest BCUT2D eigenvalue weighted by Gasteiger charge is -2.04. The highest BCUT2D eigenvalue weighted by Gasteiger charge is 2.09. The van der Waals surface area contributed by atoms with Gasteiger partial charge >= 0.3 is 0 Å². The Hall–Kier alpha value is -2.80. The number of nitrogens with zero attached hydrogens (tertiary/aromatic N) is 2. The number of thioether (sulfide) groups is 1. The third-order valence-electron chi connectivity index (χ3n) is 3.46. The van der Waals surface area contributed by atoms with Crippen LogP contribution in [0.2, 0.25) is 0 Å². The smallest absolute Gasteiger partial charge is 0.234 e. The number of aryl methyl sites for hydroxylation is 1.